The molecule has 8 nitrogen and oxygen atoms in total. The maximum atomic E-state index is 12.7. The molecule has 0 saturated carbocycles. The number of imidazole rings is 1. The minimum absolute atomic E-state index is 0.0251. The lowest BCUT2D eigenvalue weighted by atomic mass is 9.97. The molecule has 1 fully saturated rings. The molecule has 146 valence electrons. The smallest absolute Gasteiger partial charge is 0.231 e. The average molecular weight is 398 g/mol. The van der Waals surface area contributed by atoms with Crippen molar-refractivity contribution in [3.8, 4) is 5.82 Å². The molecule has 4 rings (SSSR count). The van der Waals surface area contributed by atoms with Crippen LogP contribution in [0.4, 0.5) is 10.9 Å². The zero-order valence-electron chi connectivity index (χ0n) is 16.2. The number of carbonyl (C=O) groups is 1. The fraction of sp³-hybridized carbons (Fsp3) is 0.421. The van der Waals surface area contributed by atoms with Gasteiger partial charge in [-0.05, 0) is 45.7 Å². The van der Waals surface area contributed by atoms with E-state index in [-0.39, 0.29) is 11.8 Å². The van der Waals surface area contributed by atoms with Gasteiger partial charge in [0.25, 0.3) is 0 Å². The molecule has 1 atom stereocenters. The van der Waals surface area contributed by atoms with Crippen LogP contribution in [0.2, 0.25) is 0 Å². The summed E-state index contributed by atoms with van der Waals surface area (Å²) in [7, 11) is 0. The van der Waals surface area contributed by atoms with E-state index in [0.717, 1.165) is 47.4 Å². The Morgan fingerprint density at radius 2 is 2.00 bits per heavy atom. The van der Waals surface area contributed by atoms with Crippen molar-refractivity contribution in [2.45, 2.75) is 33.6 Å². The zero-order valence-corrected chi connectivity index (χ0v) is 17.0. The predicted octanol–water partition coefficient (Wildman–Crippen LogP) is 2.90. The number of hydrogen-bond acceptors (Lipinski definition) is 7. The first-order valence-corrected chi connectivity index (χ1v) is 10.2. The second-order valence-corrected chi connectivity index (χ2v) is 8.23. The van der Waals surface area contributed by atoms with E-state index >= 15 is 0 Å². The van der Waals surface area contributed by atoms with Crippen LogP contribution in [0, 0.1) is 26.7 Å². The lowest BCUT2D eigenvalue weighted by Gasteiger charge is -2.32. The monoisotopic (exact) mass is 397 g/mol. The molecule has 4 heterocycles. The molecule has 0 aromatic carbocycles. The Labute approximate surface area is 167 Å². The fourth-order valence-electron chi connectivity index (χ4n) is 3.37. The van der Waals surface area contributed by atoms with Crippen LogP contribution >= 0.6 is 11.3 Å². The van der Waals surface area contributed by atoms with Crippen molar-refractivity contribution in [2.24, 2.45) is 5.92 Å². The van der Waals surface area contributed by atoms with Gasteiger partial charge < -0.3 is 10.2 Å². The van der Waals surface area contributed by atoms with Gasteiger partial charge in [0.05, 0.1) is 11.6 Å². The van der Waals surface area contributed by atoms with Gasteiger partial charge in [-0.1, -0.05) is 0 Å². The van der Waals surface area contributed by atoms with E-state index in [2.05, 4.69) is 30.4 Å². The molecule has 3 aromatic heterocycles. The number of thiazole rings is 1. The maximum absolute atomic E-state index is 12.7. The van der Waals surface area contributed by atoms with Crippen molar-refractivity contribution in [2.75, 3.05) is 23.3 Å². The number of aryl methyl sites for hydroxylation is 3. The van der Waals surface area contributed by atoms with E-state index in [1.807, 2.05) is 43.7 Å². The Hall–Kier alpha value is -2.81. The van der Waals surface area contributed by atoms with Gasteiger partial charge in [0.1, 0.15) is 5.82 Å². The van der Waals surface area contributed by atoms with Crippen LogP contribution in [0.1, 0.15) is 29.2 Å². The number of carbonyl (C=O) groups excluding carboxylic acids is 1. The van der Waals surface area contributed by atoms with Gasteiger partial charge >= 0.3 is 0 Å². The minimum atomic E-state index is -0.0874. The Bertz CT molecular complexity index is 959. The summed E-state index contributed by atoms with van der Waals surface area (Å²) in [5, 5.41) is 12.4. The van der Waals surface area contributed by atoms with E-state index in [4.69, 9.17) is 0 Å². The van der Waals surface area contributed by atoms with Crippen LogP contribution in [0.15, 0.2) is 24.5 Å². The second kappa shape index (κ2) is 7.67. The number of piperidine rings is 1. The van der Waals surface area contributed by atoms with E-state index in [1.165, 1.54) is 11.3 Å². The number of aromatic nitrogens is 5. The first-order chi connectivity index (χ1) is 13.5. The summed E-state index contributed by atoms with van der Waals surface area (Å²) in [6, 6.07) is 3.89. The third-order valence-corrected chi connectivity index (χ3v) is 6.07. The molecule has 1 amide bonds. The molecule has 1 N–H and O–H groups in total. The number of anilines is 2. The highest BCUT2D eigenvalue weighted by Gasteiger charge is 2.27. The van der Waals surface area contributed by atoms with Crippen LogP contribution in [0.25, 0.3) is 5.82 Å². The topological polar surface area (TPSA) is 88.8 Å². The van der Waals surface area contributed by atoms with E-state index in [9.17, 15) is 4.79 Å². The standard InChI is InChI=1S/C19H23N7OS/c1-12-13(2)28-19(21-12)22-18(27)15-5-4-9-25(11-15)16-6-7-17(24-23-16)26-10-8-20-14(26)3/h6-8,10,15H,4-5,9,11H2,1-3H3,(H,21,22,27). The van der Waals surface area contributed by atoms with Gasteiger partial charge in [0, 0.05) is 30.4 Å². The highest BCUT2D eigenvalue weighted by Crippen LogP contribution is 2.25. The molecular weight excluding hydrogens is 374 g/mol. The third-order valence-electron chi connectivity index (χ3n) is 5.08. The lowest BCUT2D eigenvalue weighted by molar-refractivity contribution is -0.120. The highest BCUT2D eigenvalue weighted by molar-refractivity contribution is 7.15. The number of amides is 1. The molecule has 0 bridgehead atoms. The lowest BCUT2D eigenvalue weighted by Crippen LogP contribution is -2.41. The van der Waals surface area contributed by atoms with Crippen LogP contribution in [-0.4, -0.2) is 43.7 Å². The number of rotatable bonds is 4. The van der Waals surface area contributed by atoms with Crippen molar-refractivity contribution < 1.29 is 4.79 Å². The van der Waals surface area contributed by atoms with Gasteiger partial charge in [-0.15, -0.1) is 21.5 Å². The summed E-state index contributed by atoms with van der Waals surface area (Å²) in [6.45, 7) is 7.40. The molecule has 1 unspecified atom stereocenters. The Kier molecular flexibility index (Phi) is 5.08. The van der Waals surface area contributed by atoms with Crippen molar-refractivity contribution in [3.63, 3.8) is 0 Å². The summed E-state index contributed by atoms with van der Waals surface area (Å²) >= 11 is 1.52. The van der Waals surface area contributed by atoms with Gasteiger partial charge in [-0.3, -0.25) is 9.36 Å². The SMILES string of the molecule is Cc1nc(NC(=O)C2CCCN(c3ccc(-n4ccnc4C)nn3)C2)sc1C. The number of hydrogen-bond donors (Lipinski definition) is 1. The van der Waals surface area contributed by atoms with Gasteiger partial charge in [0.2, 0.25) is 5.91 Å². The Morgan fingerprint density at radius 1 is 1.21 bits per heavy atom. The normalized spacial score (nSPS) is 17.0. The summed E-state index contributed by atoms with van der Waals surface area (Å²) in [5.74, 6) is 2.33. The number of nitrogens with one attached hydrogen (secondary N) is 1. The molecule has 9 heteroatoms. The van der Waals surface area contributed by atoms with Gasteiger partial charge in [0.15, 0.2) is 16.8 Å². The van der Waals surface area contributed by atoms with Gasteiger partial charge in [-0.2, -0.15) is 0 Å². The molecule has 1 aliphatic heterocycles. The van der Waals surface area contributed by atoms with E-state index in [0.29, 0.717) is 11.7 Å². The first kappa shape index (κ1) is 18.5. The molecule has 1 aliphatic rings. The van der Waals surface area contributed by atoms with Crippen molar-refractivity contribution in [1.29, 1.82) is 0 Å². The quantitative estimate of drug-likeness (QED) is 0.728. The van der Waals surface area contributed by atoms with E-state index < -0.39 is 0 Å². The summed E-state index contributed by atoms with van der Waals surface area (Å²) < 4.78 is 1.89. The molecule has 28 heavy (non-hydrogen) atoms. The largest absolute Gasteiger partial charge is 0.354 e. The summed E-state index contributed by atoms with van der Waals surface area (Å²) in [6.07, 6.45) is 5.41. The first-order valence-electron chi connectivity index (χ1n) is 9.35. The zero-order chi connectivity index (χ0) is 19.7. The molecule has 0 aliphatic carbocycles. The van der Waals surface area contributed by atoms with Crippen LogP contribution in [-0.2, 0) is 4.79 Å². The predicted molar refractivity (Wildman–Crippen MR) is 109 cm³/mol. The van der Waals surface area contributed by atoms with Gasteiger partial charge in [-0.25, -0.2) is 9.97 Å². The van der Waals surface area contributed by atoms with Crippen molar-refractivity contribution in [1.82, 2.24) is 24.7 Å². The summed E-state index contributed by atoms with van der Waals surface area (Å²) in [4.78, 5) is 24.6. The van der Waals surface area contributed by atoms with E-state index in [1.54, 1.807) is 6.20 Å². The Morgan fingerprint density at radius 3 is 2.64 bits per heavy atom. The van der Waals surface area contributed by atoms with Crippen molar-refractivity contribution >= 4 is 28.2 Å². The highest BCUT2D eigenvalue weighted by atomic mass is 32.1. The second-order valence-electron chi connectivity index (χ2n) is 7.03. The maximum Gasteiger partial charge on any atom is 0.231 e. The van der Waals surface area contributed by atoms with Crippen LogP contribution < -0.4 is 10.2 Å². The third kappa shape index (κ3) is 3.75. The molecule has 3 aromatic rings. The molecule has 1 saturated heterocycles. The van der Waals surface area contributed by atoms with Crippen LogP contribution in [0.5, 0.6) is 0 Å². The number of nitrogens with zero attached hydrogens (tertiary/aromatic N) is 6. The van der Waals surface area contributed by atoms with Crippen molar-refractivity contribution in [3.05, 3.63) is 40.9 Å². The fourth-order valence-corrected chi connectivity index (χ4v) is 4.19. The summed E-state index contributed by atoms with van der Waals surface area (Å²) in [5.41, 5.74) is 0.967. The van der Waals surface area contributed by atoms with Crippen LogP contribution in [0.3, 0.4) is 0 Å². The average Bonchev–Trinajstić information content (AvgIpc) is 3.27. The Balaban J connectivity index is 1.43. The molecule has 0 radical (unpaired) electrons. The minimum Gasteiger partial charge on any atom is -0.354 e. The molecule has 0 spiro atoms. The molecular formula is C19H23N7OS.